The monoisotopic (exact) mass is 473 g/mol. The zero-order chi connectivity index (χ0) is 22.7. The van der Waals surface area contributed by atoms with E-state index in [1.54, 1.807) is 34.6 Å². The second-order valence-corrected chi connectivity index (χ2v) is 9.59. The largest absolute Gasteiger partial charge is 0.345 e. The van der Waals surface area contributed by atoms with Gasteiger partial charge in [0, 0.05) is 61.1 Å². The lowest BCUT2D eigenvalue weighted by molar-refractivity contribution is -0.385. The molecule has 0 aliphatic carbocycles. The molecule has 0 saturated carbocycles. The number of non-ortho nitro benzene ring substituents is 1. The third-order valence-electron chi connectivity index (χ3n) is 4.98. The quantitative estimate of drug-likeness (QED) is 0.431. The molecule has 32 heavy (non-hydrogen) atoms. The third kappa shape index (κ3) is 4.70. The molecule has 0 bridgehead atoms. The second-order valence-electron chi connectivity index (χ2n) is 7.03. The van der Waals surface area contributed by atoms with Crippen LogP contribution in [0.5, 0.6) is 0 Å². The van der Waals surface area contributed by atoms with Crippen molar-refractivity contribution in [1.29, 1.82) is 0 Å². The SMILES string of the molecule is O=C(c1ccc(NS(=O)(=O)c2cccc([N+](=O)[O-])c2)cc1)N1CCN(c2nccs2)CC1. The summed E-state index contributed by atoms with van der Waals surface area (Å²) in [6.45, 7) is 2.53. The normalized spacial score (nSPS) is 14.2. The highest BCUT2D eigenvalue weighted by atomic mass is 32.2. The molecule has 2 aromatic carbocycles. The lowest BCUT2D eigenvalue weighted by atomic mass is 10.1. The van der Waals surface area contributed by atoms with Crippen molar-refractivity contribution in [2.45, 2.75) is 4.90 Å². The van der Waals surface area contributed by atoms with Crippen LogP contribution in [0.3, 0.4) is 0 Å². The van der Waals surface area contributed by atoms with Crippen molar-refractivity contribution in [3.05, 3.63) is 75.8 Å². The Bertz CT molecular complexity index is 1220. The van der Waals surface area contributed by atoms with Crippen molar-refractivity contribution in [1.82, 2.24) is 9.88 Å². The molecule has 1 aliphatic heterocycles. The van der Waals surface area contributed by atoms with E-state index in [1.807, 2.05) is 5.38 Å². The van der Waals surface area contributed by atoms with Crippen LogP contribution in [0.4, 0.5) is 16.5 Å². The maximum absolute atomic E-state index is 12.8. The molecular weight excluding hydrogens is 454 g/mol. The molecule has 12 heteroatoms. The van der Waals surface area contributed by atoms with Gasteiger partial charge in [0.2, 0.25) is 0 Å². The van der Waals surface area contributed by atoms with Gasteiger partial charge in [0.15, 0.2) is 5.13 Å². The molecule has 1 amide bonds. The van der Waals surface area contributed by atoms with Gasteiger partial charge >= 0.3 is 0 Å². The first-order valence-electron chi connectivity index (χ1n) is 9.64. The van der Waals surface area contributed by atoms with Gasteiger partial charge in [0.1, 0.15) is 0 Å². The van der Waals surface area contributed by atoms with Crippen molar-refractivity contribution < 1.29 is 18.1 Å². The Balaban J connectivity index is 1.40. The average molecular weight is 474 g/mol. The number of aromatic nitrogens is 1. The summed E-state index contributed by atoms with van der Waals surface area (Å²) in [5.74, 6) is -0.128. The van der Waals surface area contributed by atoms with Crippen molar-refractivity contribution in [3.63, 3.8) is 0 Å². The molecule has 0 unspecified atom stereocenters. The van der Waals surface area contributed by atoms with Crippen LogP contribution in [-0.2, 0) is 10.0 Å². The molecule has 2 heterocycles. The summed E-state index contributed by atoms with van der Waals surface area (Å²) in [6.07, 6.45) is 1.76. The predicted octanol–water partition coefficient (Wildman–Crippen LogP) is 2.81. The van der Waals surface area contributed by atoms with Crippen LogP contribution < -0.4 is 9.62 Å². The van der Waals surface area contributed by atoms with Gasteiger partial charge in [-0.3, -0.25) is 19.6 Å². The van der Waals surface area contributed by atoms with E-state index < -0.39 is 14.9 Å². The predicted molar refractivity (Wildman–Crippen MR) is 121 cm³/mol. The zero-order valence-corrected chi connectivity index (χ0v) is 18.4. The zero-order valence-electron chi connectivity index (χ0n) is 16.7. The van der Waals surface area contributed by atoms with Crippen LogP contribution in [0.1, 0.15) is 10.4 Å². The van der Waals surface area contributed by atoms with E-state index in [0.717, 1.165) is 11.2 Å². The fraction of sp³-hybridized carbons (Fsp3) is 0.200. The number of hydrogen-bond acceptors (Lipinski definition) is 8. The van der Waals surface area contributed by atoms with Gasteiger partial charge < -0.3 is 9.80 Å². The fourth-order valence-electron chi connectivity index (χ4n) is 3.31. The Kier molecular flexibility index (Phi) is 6.06. The van der Waals surface area contributed by atoms with Crippen molar-refractivity contribution in [3.8, 4) is 0 Å². The van der Waals surface area contributed by atoms with Gasteiger partial charge in [-0.25, -0.2) is 13.4 Å². The molecule has 1 aromatic heterocycles. The first-order valence-corrected chi connectivity index (χ1v) is 12.0. The number of hydrogen-bond donors (Lipinski definition) is 1. The van der Waals surface area contributed by atoms with E-state index in [2.05, 4.69) is 14.6 Å². The number of thiazole rings is 1. The standard InChI is InChI=1S/C20H19N5O5S2/c26-19(23-9-11-24(12-10-23)20-21-8-13-31-20)15-4-6-16(7-5-15)22-32(29,30)18-3-1-2-17(14-18)25(27)28/h1-8,13-14,22H,9-12H2. The lowest BCUT2D eigenvalue weighted by Gasteiger charge is -2.34. The van der Waals surface area contributed by atoms with Gasteiger partial charge in [-0.2, -0.15) is 0 Å². The number of nitro benzene ring substituents is 1. The number of nitrogens with one attached hydrogen (secondary N) is 1. The minimum absolute atomic E-state index is 0.128. The third-order valence-corrected chi connectivity index (χ3v) is 7.19. The number of benzene rings is 2. The van der Waals surface area contributed by atoms with Crippen LogP contribution in [0.2, 0.25) is 0 Å². The smallest absolute Gasteiger partial charge is 0.270 e. The van der Waals surface area contributed by atoms with Gasteiger partial charge in [-0.15, -0.1) is 11.3 Å². The Morgan fingerprint density at radius 1 is 1.09 bits per heavy atom. The highest BCUT2D eigenvalue weighted by molar-refractivity contribution is 7.92. The molecule has 1 aliphatic rings. The van der Waals surface area contributed by atoms with Crippen molar-refractivity contribution in [2.24, 2.45) is 0 Å². The second kappa shape index (κ2) is 8.93. The topological polar surface area (TPSA) is 126 Å². The molecule has 1 N–H and O–H groups in total. The van der Waals surface area contributed by atoms with E-state index in [4.69, 9.17) is 0 Å². The summed E-state index contributed by atoms with van der Waals surface area (Å²) in [6, 6.07) is 10.9. The first kappa shape index (κ1) is 21.7. The summed E-state index contributed by atoms with van der Waals surface area (Å²) in [5.41, 5.74) is 0.386. The number of nitrogens with zero attached hydrogens (tertiary/aromatic N) is 4. The van der Waals surface area contributed by atoms with Crippen LogP contribution >= 0.6 is 11.3 Å². The molecule has 1 saturated heterocycles. The number of carbonyl (C=O) groups is 1. The molecule has 0 radical (unpaired) electrons. The molecule has 10 nitrogen and oxygen atoms in total. The number of sulfonamides is 1. The highest BCUT2D eigenvalue weighted by Crippen LogP contribution is 2.22. The molecule has 0 atom stereocenters. The van der Waals surface area contributed by atoms with Crippen LogP contribution in [0.25, 0.3) is 0 Å². The van der Waals surface area contributed by atoms with E-state index in [-0.39, 0.29) is 22.2 Å². The summed E-state index contributed by atoms with van der Waals surface area (Å²) in [4.78, 5) is 31.0. The summed E-state index contributed by atoms with van der Waals surface area (Å²) in [7, 11) is -4.01. The van der Waals surface area contributed by atoms with E-state index >= 15 is 0 Å². The molecule has 4 rings (SSSR count). The van der Waals surface area contributed by atoms with Crippen LogP contribution in [0, 0.1) is 10.1 Å². The molecule has 166 valence electrons. The number of carbonyl (C=O) groups excluding carboxylic acids is 1. The van der Waals surface area contributed by atoms with Crippen LogP contribution in [0.15, 0.2) is 65.0 Å². The average Bonchev–Trinajstić information content (AvgIpc) is 3.34. The number of piperazine rings is 1. The Morgan fingerprint density at radius 3 is 2.44 bits per heavy atom. The minimum Gasteiger partial charge on any atom is -0.345 e. The van der Waals surface area contributed by atoms with Gasteiger partial charge in [-0.1, -0.05) is 6.07 Å². The number of amides is 1. The van der Waals surface area contributed by atoms with E-state index in [9.17, 15) is 23.3 Å². The summed E-state index contributed by atoms with van der Waals surface area (Å²) in [5, 5.41) is 13.8. The molecule has 1 fully saturated rings. The maximum Gasteiger partial charge on any atom is 0.270 e. The number of anilines is 2. The van der Waals surface area contributed by atoms with Gasteiger partial charge in [0.05, 0.1) is 9.82 Å². The molecule has 3 aromatic rings. The van der Waals surface area contributed by atoms with Gasteiger partial charge in [0.25, 0.3) is 21.6 Å². The number of nitro groups is 1. The Labute approximate surface area is 188 Å². The molecule has 0 spiro atoms. The Morgan fingerprint density at radius 2 is 1.81 bits per heavy atom. The molecular formula is C20H19N5O5S2. The summed E-state index contributed by atoms with van der Waals surface area (Å²) < 4.78 is 27.5. The van der Waals surface area contributed by atoms with E-state index in [1.165, 1.54) is 30.3 Å². The number of rotatable bonds is 6. The Hall–Kier alpha value is -3.51. The van der Waals surface area contributed by atoms with Crippen LogP contribution in [-0.4, -0.2) is 55.3 Å². The minimum atomic E-state index is -4.01. The maximum atomic E-state index is 12.8. The highest BCUT2D eigenvalue weighted by Gasteiger charge is 2.23. The van der Waals surface area contributed by atoms with Crippen molar-refractivity contribution >= 4 is 43.8 Å². The van der Waals surface area contributed by atoms with Crippen molar-refractivity contribution in [2.75, 3.05) is 35.8 Å². The van der Waals surface area contributed by atoms with Gasteiger partial charge in [-0.05, 0) is 30.3 Å². The fourth-order valence-corrected chi connectivity index (χ4v) is 5.11. The lowest BCUT2D eigenvalue weighted by Crippen LogP contribution is -2.48. The van der Waals surface area contributed by atoms with E-state index in [0.29, 0.717) is 31.7 Å². The summed E-state index contributed by atoms with van der Waals surface area (Å²) >= 11 is 1.56. The first-order chi connectivity index (χ1) is 15.3.